The van der Waals surface area contributed by atoms with Crippen LogP contribution in [0.25, 0.3) is 0 Å². The Kier molecular flexibility index (Phi) is 3.29. The lowest BCUT2D eigenvalue weighted by atomic mass is 9.90. The monoisotopic (exact) mass is 266 g/mol. The second-order valence-corrected chi connectivity index (χ2v) is 6.05. The zero-order valence-electron chi connectivity index (χ0n) is 10.0. The zero-order chi connectivity index (χ0) is 12.5. The molecule has 2 aliphatic heterocycles. The summed E-state index contributed by atoms with van der Waals surface area (Å²) in [4.78, 5) is 12.0. The molecular formula is C14H15FO2S. The summed E-state index contributed by atoms with van der Waals surface area (Å²) in [6.07, 6.45) is 2.69. The molecule has 0 aromatic heterocycles. The highest BCUT2D eigenvalue weighted by Gasteiger charge is 2.33. The number of ether oxygens (including phenoxy) is 1. The van der Waals surface area contributed by atoms with Crippen LogP contribution < -0.4 is 4.74 Å². The number of rotatable bonds is 1. The van der Waals surface area contributed by atoms with Gasteiger partial charge in [0.05, 0.1) is 5.56 Å². The van der Waals surface area contributed by atoms with Gasteiger partial charge in [-0.15, -0.1) is 0 Å². The number of hydrogen-bond acceptors (Lipinski definition) is 3. The minimum Gasteiger partial charge on any atom is -0.489 e. The van der Waals surface area contributed by atoms with Gasteiger partial charge < -0.3 is 4.74 Å². The van der Waals surface area contributed by atoms with Crippen molar-refractivity contribution in [2.24, 2.45) is 5.92 Å². The topological polar surface area (TPSA) is 26.3 Å². The van der Waals surface area contributed by atoms with Crippen molar-refractivity contribution in [2.75, 3.05) is 11.5 Å². The predicted molar refractivity (Wildman–Crippen MR) is 69.8 cm³/mol. The van der Waals surface area contributed by atoms with Gasteiger partial charge in [0, 0.05) is 12.3 Å². The van der Waals surface area contributed by atoms with E-state index in [-0.39, 0.29) is 17.7 Å². The fourth-order valence-corrected chi connectivity index (χ4v) is 3.86. The van der Waals surface area contributed by atoms with E-state index in [0.717, 1.165) is 12.2 Å². The Balaban J connectivity index is 1.82. The molecule has 1 fully saturated rings. The third-order valence-electron chi connectivity index (χ3n) is 3.63. The number of fused-ring (bicyclic) bond motifs is 1. The van der Waals surface area contributed by atoms with E-state index in [1.807, 2.05) is 11.8 Å². The molecule has 2 heterocycles. The molecule has 1 aromatic rings. The predicted octanol–water partition coefficient (Wildman–Crippen LogP) is 3.30. The Hall–Kier alpha value is -1.03. The number of carbonyl (C=O) groups excluding carboxylic acids is 1. The van der Waals surface area contributed by atoms with Gasteiger partial charge in [0.1, 0.15) is 17.7 Å². The molecule has 2 aliphatic rings. The summed E-state index contributed by atoms with van der Waals surface area (Å²) in [5.41, 5.74) is 0.398. The summed E-state index contributed by atoms with van der Waals surface area (Å²) in [6, 6.07) is 4.21. The van der Waals surface area contributed by atoms with Crippen molar-refractivity contribution in [2.45, 2.75) is 25.4 Å². The fraction of sp³-hybridized carbons (Fsp3) is 0.500. The first-order valence-corrected chi connectivity index (χ1v) is 7.46. The summed E-state index contributed by atoms with van der Waals surface area (Å²) < 4.78 is 19.0. The zero-order valence-corrected chi connectivity index (χ0v) is 10.8. The van der Waals surface area contributed by atoms with E-state index in [9.17, 15) is 9.18 Å². The Morgan fingerprint density at radius 3 is 3.06 bits per heavy atom. The van der Waals surface area contributed by atoms with Crippen molar-refractivity contribution in [1.29, 1.82) is 0 Å². The van der Waals surface area contributed by atoms with Crippen molar-refractivity contribution in [1.82, 2.24) is 0 Å². The summed E-state index contributed by atoms with van der Waals surface area (Å²) in [5.74, 6) is 2.90. The standard InChI is InChI=1S/C14H15FO2S/c15-10-3-4-13-11(6-10)12(16)7-14(17-13)9-2-1-5-18-8-9/h3-4,6,9,14H,1-2,5,7-8H2. The smallest absolute Gasteiger partial charge is 0.170 e. The second kappa shape index (κ2) is 4.92. The molecule has 3 rings (SSSR count). The maximum atomic E-state index is 13.1. The minimum atomic E-state index is -0.377. The molecule has 4 heteroatoms. The average Bonchev–Trinajstić information content (AvgIpc) is 2.40. The Morgan fingerprint density at radius 2 is 2.28 bits per heavy atom. The first-order chi connectivity index (χ1) is 8.74. The van der Waals surface area contributed by atoms with Gasteiger partial charge in [-0.2, -0.15) is 11.8 Å². The van der Waals surface area contributed by atoms with Crippen molar-refractivity contribution in [3.8, 4) is 5.75 Å². The van der Waals surface area contributed by atoms with Gasteiger partial charge in [-0.3, -0.25) is 4.79 Å². The SMILES string of the molecule is O=C1CC(C2CCCSC2)Oc2ccc(F)cc21. The van der Waals surface area contributed by atoms with Crippen molar-refractivity contribution in [3.05, 3.63) is 29.6 Å². The van der Waals surface area contributed by atoms with E-state index in [1.165, 1.54) is 24.3 Å². The molecule has 0 N–H and O–H groups in total. The van der Waals surface area contributed by atoms with Gasteiger partial charge in [-0.05, 0) is 42.5 Å². The van der Waals surface area contributed by atoms with E-state index in [0.29, 0.717) is 23.7 Å². The van der Waals surface area contributed by atoms with E-state index in [1.54, 1.807) is 6.07 Å². The molecular weight excluding hydrogens is 251 g/mol. The lowest BCUT2D eigenvalue weighted by Gasteiger charge is -2.33. The molecule has 0 bridgehead atoms. The number of hydrogen-bond donors (Lipinski definition) is 0. The number of thioether (sulfide) groups is 1. The molecule has 0 aliphatic carbocycles. The molecule has 18 heavy (non-hydrogen) atoms. The normalized spacial score (nSPS) is 27.5. The van der Waals surface area contributed by atoms with Crippen LogP contribution in [0.3, 0.4) is 0 Å². The summed E-state index contributed by atoms with van der Waals surface area (Å²) in [7, 11) is 0. The van der Waals surface area contributed by atoms with Gasteiger partial charge in [0.2, 0.25) is 0 Å². The number of benzene rings is 1. The third kappa shape index (κ3) is 2.26. The highest BCUT2D eigenvalue weighted by Crippen LogP contribution is 2.35. The number of ketones is 1. The maximum absolute atomic E-state index is 13.1. The largest absolute Gasteiger partial charge is 0.489 e. The molecule has 1 saturated heterocycles. The van der Waals surface area contributed by atoms with Crippen molar-refractivity contribution >= 4 is 17.5 Å². The highest BCUT2D eigenvalue weighted by atomic mass is 32.2. The van der Waals surface area contributed by atoms with Gasteiger partial charge in [0.15, 0.2) is 5.78 Å². The van der Waals surface area contributed by atoms with Crippen LogP contribution in [0.15, 0.2) is 18.2 Å². The Morgan fingerprint density at radius 1 is 1.39 bits per heavy atom. The maximum Gasteiger partial charge on any atom is 0.170 e. The Labute approximate surface area is 110 Å². The summed E-state index contributed by atoms with van der Waals surface area (Å²) in [6.45, 7) is 0. The van der Waals surface area contributed by atoms with Crippen LogP contribution in [0.2, 0.25) is 0 Å². The number of halogens is 1. The molecule has 2 atom stereocenters. The van der Waals surface area contributed by atoms with Crippen molar-refractivity contribution < 1.29 is 13.9 Å². The number of carbonyl (C=O) groups is 1. The number of Topliss-reactive ketones (excluding diaryl/α,β-unsaturated/α-hetero) is 1. The third-order valence-corrected chi connectivity index (χ3v) is 4.87. The first-order valence-electron chi connectivity index (χ1n) is 6.31. The lowest BCUT2D eigenvalue weighted by molar-refractivity contribution is 0.0742. The van der Waals surface area contributed by atoms with E-state index < -0.39 is 0 Å². The van der Waals surface area contributed by atoms with Gasteiger partial charge in [0.25, 0.3) is 0 Å². The van der Waals surface area contributed by atoms with Crippen LogP contribution in [-0.2, 0) is 0 Å². The van der Waals surface area contributed by atoms with Gasteiger partial charge >= 0.3 is 0 Å². The Bertz CT molecular complexity index is 469. The summed E-state index contributed by atoms with van der Waals surface area (Å²) >= 11 is 1.93. The molecule has 2 nitrogen and oxygen atoms in total. The van der Waals surface area contributed by atoms with Crippen LogP contribution in [0.5, 0.6) is 5.75 Å². The van der Waals surface area contributed by atoms with E-state index in [4.69, 9.17) is 4.74 Å². The molecule has 0 saturated carbocycles. The van der Waals surface area contributed by atoms with Gasteiger partial charge in [-0.25, -0.2) is 4.39 Å². The molecule has 0 radical (unpaired) electrons. The lowest BCUT2D eigenvalue weighted by Crippen LogP contribution is -2.36. The quantitative estimate of drug-likeness (QED) is 0.780. The summed E-state index contributed by atoms with van der Waals surface area (Å²) in [5, 5.41) is 0. The van der Waals surface area contributed by atoms with Crippen molar-refractivity contribution in [3.63, 3.8) is 0 Å². The van der Waals surface area contributed by atoms with E-state index in [2.05, 4.69) is 0 Å². The molecule has 2 unspecified atom stereocenters. The van der Waals surface area contributed by atoms with E-state index >= 15 is 0 Å². The molecule has 0 spiro atoms. The first kappa shape index (κ1) is 12.0. The van der Waals surface area contributed by atoms with Crippen LogP contribution in [0.4, 0.5) is 4.39 Å². The second-order valence-electron chi connectivity index (χ2n) is 4.90. The fourth-order valence-electron chi connectivity index (χ4n) is 2.64. The average molecular weight is 266 g/mol. The van der Waals surface area contributed by atoms with Crippen LogP contribution in [0.1, 0.15) is 29.6 Å². The van der Waals surface area contributed by atoms with Crippen LogP contribution >= 0.6 is 11.8 Å². The van der Waals surface area contributed by atoms with Gasteiger partial charge in [-0.1, -0.05) is 0 Å². The van der Waals surface area contributed by atoms with Crippen LogP contribution in [0, 0.1) is 11.7 Å². The van der Waals surface area contributed by atoms with Crippen LogP contribution in [-0.4, -0.2) is 23.4 Å². The molecule has 1 aromatic carbocycles. The molecule has 96 valence electrons. The minimum absolute atomic E-state index is 0.0105. The molecule has 0 amide bonds. The highest BCUT2D eigenvalue weighted by molar-refractivity contribution is 7.99.